The zero-order valence-corrected chi connectivity index (χ0v) is 12.7. The van der Waals surface area contributed by atoms with Crippen molar-refractivity contribution >= 4 is 16.8 Å². The zero-order chi connectivity index (χ0) is 14.8. The van der Waals surface area contributed by atoms with Gasteiger partial charge in [0, 0.05) is 17.8 Å². The molecule has 0 aliphatic rings. The van der Waals surface area contributed by atoms with Crippen molar-refractivity contribution in [2.45, 2.75) is 27.2 Å². The van der Waals surface area contributed by atoms with E-state index in [1.165, 1.54) is 5.56 Å². The largest absolute Gasteiger partial charge is 0.436 e. The number of benzene rings is 2. The lowest BCUT2D eigenvalue weighted by atomic mass is 10.1. The molecule has 0 atom stereocenters. The van der Waals surface area contributed by atoms with Gasteiger partial charge in [-0.05, 0) is 55.7 Å². The quantitative estimate of drug-likeness (QED) is 0.746. The van der Waals surface area contributed by atoms with Crippen molar-refractivity contribution in [1.82, 2.24) is 4.98 Å². The summed E-state index contributed by atoms with van der Waals surface area (Å²) < 4.78 is 5.95. The first-order valence-electron chi connectivity index (χ1n) is 7.45. The molecule has 0 unspecified atom stereocenters. The van der Waals surface area contributed by atoms with E-state index in [2.05, 4.69) is 61.4 Å². The summed E-state index contributed by atoms with van der Waals surface area (Å²) in [6.45, 7) is 7.19. The van der Waals surface area contributed by atoms with Crippen molar-refractivity contribution in [3.63, 3.8) is 0 Å². The molecule has 1 aromatic heterocycles. The molecule has 108 valence electrons. The number of hydrogen-bond donors (Lipinski definition) is 1. The molecule has 3 aromatic rings. The number of anilines is 1. The van der Waals surface area contributed by atoms with Crippen LogP contribution in [-0.4, -0.2) is 11.5 Å². The van der Waals surface area contributed by atoms with Gasteiger partial charge in [-0.3, -0.25) is 0 Å². The first-order chi connectivity index (χ1) is 10.2. The van der Waals surface area contributed by atoms with Gasteiger partial charge in [-0.2, -0.15) is 0 Å². The van der Waals surface area contributed by atoms with Crippen LogP contribution in [0.1, 0.15) is 25.0 Å². The summed E-state index contributed by atoms with van der Waals surface area (Å²) in [5.41, 5.74) is 6.30. The van der Waals surface area contributed by atoms with Crippen molar-refractivity contribution in [2.75, 3.05) is 11.9 Å². The molecule has 0 saturated carbocycles. The van der Waals surface area contributed by atoms with Crippen LogP contribution < -0.4 is 5.32 Å². The van der Waals surface area contributed by atoms with Crippen LogP contribution >= 0.6 is 0 Å². The average molecular weight is 280 g/mol. The zero-order valence-electron chi connectivity index (χ0n) is 12.7. The average Bonchev–Trinajstić information content (AvgIpc) is 2.92. The fourth-order valence-corrected chi connectivity index (χ4v) is 2.51. The number of oxazole rings is 1. The Bertz CT molecular complexity index is 757. The van der Waals surface area contributed by atoms with Crippen molar-refractivity contribution in [2.24, 2.45) is 0 Å². The van der Waals surface area contributed by atoms with E-state index >= 15 is 0 Å². The second-order valence-electron chi connectivity index (χ2n) is 5.24. The van der Waals surface area contributed by atoms with Crippen molar-refractivity contribution in [3.05, 3.63) is 47.5 Å². The highest BCUT2D eigenvalue weighted by atomic mass is 16.3. The van der Waals surface area contributed by atoms with Gasteiger partial charge in [-0.1, -0.05) is 19.1 Å². The molecule has 0 bridgehead atoms. The Morgan fingerprint density at radius 1 is 1.10 bits per heavy atom. The molecular weight excluding hydrogens is 260 g/mol. The first-order valence-corrected chi connectivity index (χ1v) is 7.45. The highest BCUT2D eigenvalue weighted by molar-refractivity contribution is 5.83. The van der Waals surface area contributed by atoms with Gasteiger partial charge in [0.1, 0.15) is 5.52 Å². The van der Waals surface area contributed by atoms with Gasteiger partial charge >= 0.3 is 0 Å². The fraction of sp³-hybridized carbons (Fsp3) is 0.278. The summed E-state index contributed by atoms with van der Waals surface area (Å²) in [5, 5.41) is 3.32. The van der Waals surface area contributed by atoms with Gasteiger partial charge in [0.05, 0.1) is 0 Å². The van der Waals surface area contributed by atoms with Crippen LogP contribution in [0.5, 0.6) is 0 Å². The second kappa shape index (κ2) is 5.60. The first kappa shape index (κ1) is 13.7. The SMILES string of the molecule is CCNc1cc(C)c2oc(-c3ccc(CC)cc3)nc2c1. The summed E-state index contributed by atoms with van der Waals surface area (Å²) in [7, 11) is 0. The highest BCUT2D eigenvalue weighted by Crippen LogP contribution is 2.29. The Hall–Kier alpha value is -2.29. The molecule has 3 heteroatoms. The van der Waals surface area contributed by atoms with E-state index in [0.29, 0.717) is 5.89 Å². The van der Waals surface area contributed by atoms with E-state index in [0.717, 1.165) is 40.9 Å². The van der Waals surface area contributed by atoms with Crippen LogP contribution in [0, 0.1) is 6.92 Å². The molecule has 3 rings (SSSR count). The Kier molecular flexibility index (Phi) is 3.65. The van der Waals surface area contributed by atoms with E-state index in [-0.39, 0.29) is 0 Å². The van der Waals surface area contributed by atoms with Crippen LogP contribution in [0.2, 0.25) is 0 Å². The van der Waals surface area contributed by atoms with Crippen LogP contribution in [0.3, 0.4) is 0 Å². The number of hydrogen-bond acceptors (Lipinski definition) is 3. The molecule has 2 aromatic carbocycles. The summed E-state index contributed by atoms with van der Waals surface area (Å²) >= 11 is 0. The Balaban J connectivity index is 2.05. The molecule has 0 saturated heterocycles. The lowest BCUT2D eigenvalue weighted by molar-refractivity contribution is 0.617. The molecular formula is C18H20N2O. The molecule has 1 heterocycles. The number of nitrogens with zero attached hydrogens (tertiary/aromatic N) is 1. The summed E-state index contributed by atoms with van der Waals surface area (Å²) in [6, 6.07) is 12.5. The summed E-state index contributed by atoms with van der Waals surface area (Å²) in [5.74, 6) is 0.685. The van der Waals surface area contributed by atoms with Gasteiger partial charge in [0.25, 0.3) is 0 Å². The van der Waals surface area contributed by atoms with E-state index in [9.17, 15) is 0 Å². The van der Waals surface area contributed by atoms with Gasteiger partial charge < -0.3 is 9.73 Å². The third kappa shape index (κ3) is 2.64. The van der Waals surface area contributed by atoms with Crippen molar-refractivity contribution in [3.8, 4) is 11.5 Å². The Morgan fingerprint density at radius 3 is 2.52 bits per heavy atom. The predicted octanol–water partition coefficient (Wildman–Crippen LogP) is 4.80. The van der Waals surface area contributed by atoms with Crippen LogP contribution in [0.4, 0.5) is 5.69 Å². The molecule has 1 N–H and O–H groups in total. The summed E-state index contributed by atoms with van der Waals surface area (Å²) in [6.07, 6.45) is 1.04. The Labute approximate surface area is 125 Å². The van der Waals surface area contributed by atoms with Crippen molar-refractivity contribution in [1.29, 1.82) is 0 Å². The topological polar surface area (TPSA) is 38.1 Å². The molecule has 0 aliphatic heterocycles. The standard InChI is InChI=1S/C18H20N2O/c1-4-13-6-8-14(9-7-13)18-20-16-11-15(19-5-2)10-12(3)17(16)21-18/h6-11,19H,4-5H2,1-3H3. The third-order valence-electron chi connectivity index (χ3n) is 3.67. The predicted molar refractivity (Wildman–Crippen MR) is 87.7 cm³/mol. The Morgan fingerprint density at radius 2 is 1.86 bits per heavy atom. The highest BCUT2D eigenvalue weighted by Gasteiger charge is 2.11. The third-order valence-corrected chi connectivity index (χ3v) is 3.67. The minimum Gasteiger partial charge on any atom is -0.436 e. The molecule has 3 nitrogen and oxygen atoms in total. The van der Waals surface area contributed by atoms with Gasteiger partial charge in [-0.25, -0.2) is 4.98 Å². The normalized spacial score (nSPS) is 11.0. The van der Waals surface area contributed by atoms with Crippen LogP contribution in [0.25, 0.3) is 22.6 Å². The maximum Gasteiger partial charge on any atom is 0.227 e. The number of rotatable bonds is 4. The molecule has 0 aliphatic carbocycles. The molecule has 0 radical (unpaired) electrons. The maximum absolute atomic E-state index is 5.95. The smallest absolute Gasteiger partial charge is 0.227 e. The van der Waals surface area contributed by atoms with E-state index in [1.54, 1.807) is 0 Å². The molecule has 0 fully saturated rings. The molecule has 0 amide bonds. The lowest BCUT2D eigenvalue weighted by Gasteiger charge is -2.03. The van der Waals surface area contributed by atoms with Gasteiger partial charge in [0.15, 0.2) is 5.58 Å². The van der Waals surface area contributed by atoms with E-state index in [1.807, 2.05) is 6.07 Å². The number of nitrogens with one attached hydrogen (secondary N) is 1. The summed E-state index contributed by atoms with van der Waals surface area (Å²) in [4.78, 5) is 4.64. The van der Waals surface area contributed by atoms with Crippen LogP contribution in [0.15, 0.2) is 40.8 Å². The van der Waals surface area contributed by atoms with Crippen LogP contribution in [-0.2, 0) is 6.42 Å². The number of aryl methyl sites for hydroxylation is 2. The molecule has 21 heavy (non-hydrogen) atoms. The maximum atomic E-state index is 5.95. The molecule has 0 spiro atoms. The lowest BCUT2D eigenvalue weighted by Crippen LogP contribution is -1.96. The minimum absolute atomic E-state index is 0.685. The van der Waals surface area contributed by atoms with E-state index in [4.69, 9.17) is 4.42 Å². The number of fused-ring (bicyclic) bond motifs is 1. The van der Waals surface area contributed by atoms with Crippen molar-refractivity contribution < 1.29 is 4.42 Å². The van der Waals surface area contributed by atoms with E-state index < -0.39 is 0 Å². The van der Waals surface area contributed by atoms with Gasteiger partial charge in [0.2, 0.25) is 5.89 Å². The van der Waals surface area contributed by atoms with Gasteiger partial charge in [-0.15, -0.1) is 0 Å². The number of aromatic nitrogens is 1. The minimum atomic E-state index is 0.685. The fourth-order valence-electron chi connectivity index (χ4n) is 2.51. The monoisotopic (exact) mass is 280 g/mol. The second-order valence-corrected chi connectivity index (χ2v) is 5.24.